The van der Waals surface area contributed by atoms with Gasteiger partial charge in [0.2, 0.25) is 0 Å². The second-order valence-corrected chi connectivity index (χ2v) is 4.11. The Morgan fingerprint density at radius 3 is 3.06 bits per heavy atom. The van der Waals surface area contributed by atoms with Gasteiger partial charge in [0, 0.05) is 19.2 Å². The van der Waals surface area contributed by atoms with E-state index in [0.29, 0.717) is 6.42 Å². The van der Waals surface area contributed by atoms with Crippen LogP contribution >= 0.6 is 0 Å². The zero-order chi connectivity index (χ0) is 12.1. The van der Waals surface area contributed by atoms with E-state index in [1.807, 2.05) is 22.9 Å². The zero-order valence-corrected chi connectivity index (χ0v) is 10.0. The fraction of sp³-hybridized carbons (Fsp3) is 0.462. The Labute approximate surface area is 101 Å². The average molecular weight is 234 g/mol. The average Bonchev–Trinajstić information content (AvgIpc) is 2.97. The fourth-order valence-electron chi connectivity index (χ4n) is 1.91. The van der Waals surface area contributed by atoms with Gasteiger partial charge in [-0.25, -0.2) is 0 Å². The molecule has 1 N–H and O–H groups in total. The predicted octanol–water partition coefficient (Wildman–Crippen LogP) is 2.55. The number of furan rings is 1. The first-order valence-corrected chi connectivity index (χ1v) is 6.03. The Morgan fingerprint density at radius 2 is 2.35 bits per heavy atom. The molecule has 0 aliphatic carbocycles. The summed E-state index contributed by atoms with van der Waals surface area (Å²) < 4.78 is 7.11. The molecule has 2 aromatic rings. The molecule has 0 aliphatic rings. The molecule has 0 saturated heterocycles. The first kappa shape index (κ1) is 11.9. The maximum atomic E-state index is 10.1. The van der Waals surface area contributed by atoms with Crippen molar-refractivity contribution in [2.75, 3.05) is 0 Å². The van der Waals surface area contributed by atoms with Crippen LogP contribution in [0, 0.1) is 0 Å². The molecule has 0 spiro atoms. The van der Waals surface area contributed by atoms with Gasteiger partial charge in [0.05, 0.1) is 18.1 Å². The van der Waals surface area contributed by atoms with Gasteiger partial charge in [-0.3, -0.25) is 4.68 Å². The first-order chi connectivity index (χ1) is 8.31. The van der Waals surface area contributed by atoms with Crippen molar-refractivity contribution in [2.24, 2.45) is 0 Å². The summed E-state index contributed by atoms with van der Waals surface area (Å²) in [6.07, 6.45) is 5.33. The van der Waals surface area contributed by atoms with E-state index in [-0.39, 0.29) is 0 Å². The van der Waals surface area contributed by atoms with Gasteiger partial charge in [-0.2, -0.15) is 5.10 Å². The quantitative estimate of drug-likeness (QED) is 0.835. The molecule has 2 rings (SSSR count). The number of aliphatic hydroxyl groups excluding tert-OH is 1. The topological polar surface area (TPSA) is 51.2 Å². The van der Waals surface area contributed by atoms with Crippen LogP contribution in [-0.2, 0) is 13.0 Å². The molecule has 2 aromatic heterocycles. The monoisotopic (exact) mass is 234 g/mol. The van der Waals surface area contributed by atoms with Crippen molar-refractivity contribution >= 4 is 0 Å². The van der Waals surface area contributed by atoms with Crippen molar-refractivity contribution in [1.82, 2.24) is 9.78 Å². The van der Waals surface area contributed by atoms with Gasteiger partial charge in [0.1, 0.15) is 5.76 Å². The molecule has 0 bridgehead atoms. The number of rotatable bonds is 6. The van der Waals surface area contributed by atoms with E-state index < -0.39 is 6.10 Å². The van der Waals surface area contributed by atoms with Gasteiger partial charge in [0.15, 0.2) is 0 Å². The molecule has 0 amide bonds. The van der Waals surface area contributed by atoms with E-state index in [9.17, 15) is 5.11 Å². The molecule has 2 heterocycles. The van der Waals surface area contributed by atoms with Gasteiger partial charge in [-0.05, 0) is 31.0 Å². The maximum absolute atomic E-state index is 10.1. The van der Waals surface area contributed by atoms with Gasteiger partial charge in [-0.15, -0.1) is 0 Å². The Kier molecular flexibility index (Phi) is 3.98. The van der Waals surface area contributed by atoms with Crippen LogP contribution in [0.15, 0.2) is 35.1 Å². The summed E-state index contributed by atoms with van der Waals surface area (Å²) in [6, 6.07) is 5.67. The Bertz CT molecular complexity index is 434. The van der Waals surface area contributed by atoms with Crippen LogP contribution in [0.4, 0.5) is 0 Å². The van der Waals surface area contributed by atoms with E-state index in [0.717, 1.165) is 30.8 Å². The lowest BCUT2D eigenvalue weighted by Crippen LogP contribution is -2.09. The Balaban J connectivity index is 1.94. The van der Waals surface area contributed by atoms with Crippen molar-refractivity contribution in [2.45, 2.75) is 38.8 Å². The van der Waals surface area contributed by atoms with Gasteiger partial charge in [0.25, 0.3) is 0 Å². The lowest BCUT2D eigenvalue weighted by atomic mass is 10.1. The molecule has 0 aliphatic heterocycles. The van der Waals surface area contributed by atoms with Crippen LogP contribution in [0.3, 0.4) is 0 Å². The molecule has 0 saturated carbocycles. The molecule has 1 unspecified atom stereocenters. The second-order valence-electron chi connectivity index (χ2n) is 4.11. The van der Waals surface area contributed by atoms with Crippen LogP contribution in [0.25, 0.3) is 0 Å². The lowest BCUT2D eigenvalue weighted by Gasteiger charge is -2.12. The molecule has 1 atom stereocenters. The van der Waals surface area contributed by atoms with Crippen LogP contribution in [-0.4, -0.2) is 14.9 Å². The summed E-state index contributed by atoms with van der Waals surface area (Å²) in [5.74, 6) is 0.908. The number of aromatic nitrogens is 2. The minimum absolute atomic E-state index is 0.478. The predicted molar refractivity (Wildman–Crippen MR) is 64.5 cm³/mol. The summed E-state index contributed by atoms with van der Waals surface area (Å²) in [6.45, 7) is 2.95. The minimum atomic E-state index is -0.478. The SMILES string of the molecule is CCCn1nccc1C(O)CCc1ccco1. The standard InChI is InChI=1S/C13H18N2O2/c1-2-9-15-12(7-8-14-15)13(16)6-5-11-4-3-10-17-11/h3-4,7-8,10,13,16H,2,5-6,9H2,1H3. The Hall–Kier alpha value is -1.55. The van der Waals surface area contributed by atoms with Crippen molar-refractivity contribution in [3.05, 3.63) is 42.1 Å². The summed E-state index contributed by atoms with van der Waals surface area (Å²) in [4.78, 5) is 0. The zero-order valence-electron chi connectivity index (χ0n) is 10.0. The molecular weight excluding hydrogens is 216 g/mol. The number of aryl methyl sites for hydroxylation is 2. The highest BCUT2D eigenvalue weighted by atomic mass is 16.3. The van der Waals surface area contributed by atoms with Gasteiger partial charge >= 0.3 is 0 Å². The third-order valence-corrected chi connectivity index (χ3v) is 2.77. The normalized spacial score (nSPS) is 12.8. The van der Waals surface area contributed by atoms with Gasteiger partial charge < -0.3 is 9.52 Å². The summed E-state index contributed by atoms with van der Waals surface area (Å²) in [7, 11) is 0. The largest absolute Gasteiger partial charge is 0.469 e. The summed E-state index contributed by atoms with van der Waals surface area (Å²) >= 11 is 0. The van der Waals surface area contributed by atoms with Crippen molar-refractivity contribution in [1.29, 1.82) is 0 Å². The van der Waals surface area contributed by atoms with Crippen LogP contribution in [0.2, 0.25) is 0 Å². The minimum Gasteiger partial charge on any atom is -0.469 e. The second kappa shape index (κ2) is 5.68. The van der Waals surface area contributed by atoms with Crippen molar-refractivity contribution in [3.63, 3.8) is 0 Å². The smallest absolute Gasteiger partial charge is 0.103 e. The van der Waals surface area contributed by atoms with Crippen LogP contribution in [0.5, 0.6) is 0 Å². The molecule has 0 fully saturated rings. The highest BCUT2D eigenvalue weighted by Crippen LogP contribution is 2.19. The number of nitrogens with zero attached hydrogens (tertiary/aromatic N) is 2. The first-order valence-electron chi connectivity index (χ1n) is 6.03. The number of hydrogen-bond acceptors (Lipinski definition) is 3. The third-order valence-electron chi connectivity index (χ3n) is 2.77. The van der Waals surface area contributed by atoms with Crippen LogP contribution < -0.4 is 0 Å². The molecule has 0 radical (unpaired) electrons. The molecule has 4 heteroatoms. The Morgan fingerprint density at radius 1 is 1.47 bits per heavy atom. The third kappa shape index (κ3) is 2.97. The number of aliphatic hydroxyl groups is 1. The van der Waals surface area contributed by atoms with E-state index in [2.05, 4.69) is 12.0 Å². The van der Waals surface area contributed by atoms with Gasteiger partial charge in [-0.1, -0.05) is 6.92 Å². The number of hydrogen-bond donors (Lipinski definition) is 1. The van der Waals surface area contributed by atoms with E-state index in [1.54, 1.807) is 12.5 Å². The van der Waals surface area contributed by atoms with Crippen molar-refractivity contribution < 1.29 is 9.52 Å². The maximum Gasteiger partial charge on any atom is 0.103 e. The molecular formula is C13H18N2O2. The molecule has 17 heavy (non-hydrogen) atoms. The summed E-state index contributed by atoms with van der Waals surface area (Å²) in [5, 5.41) is 14.3. The highest BCUT2D eigenvalue weighted by molar-refractivity contribution is 5.06. The molecule has 4 nitrogen and oxygen atoms in total. The molecule has 92 valence electrons. The summed E-state index contributed by atoms with van der Waals surface area (Å²) in [5.41, 5.74) is 0.887. The lowest BCUT2D eigenvalue weighted by molar-refractivity contribution is 0.154. The van der Waals surface area contributed by atoms with E-state index in [4.69, 9.17) is 4.42 Å². The van der Waals surface area contributed by atoms with Crippen molar-refractivity contribution in [3.8, 4) is 0 Å². The highest BCUT2D eigenvalue weighted by Gasteiger charge is 2.13. The fourth-order valence-corrected chi connectivity index (χ4v) is 1.91. The van der Waals surface area contributed by atoms with E-state index >= 15 is 0 Å². The molecule has 0 aromatic carbocycles. The van der Waals surface area contributed by atoms with Crippen LogP contribution in [0.1, 0.15) is 37.3 Å². The van der Waals surface area contributed by atoms with E-state index in [1.165, 1.54) is 0 Å².